The van der Waals surface area contributed by atoms with E-state index in [-0.39, 0.29) is 17.4 Å². The highest BCUT2D eigenvalue weighted by Crippen LogP contribution is 2.26. The first-order valence-corrected chi connectivity index (χ1v) is 9.16. The van der Waals surface area contributed by atoms with Crippen LogP contribution in [-0.4, -0.2) is 36.4 Å². The van der Waals surface area contributed by atoms with Gasteiger partial charge in [-0.2, -0.15) is 0 Å². The second-order valence-electron chi connectivity index (χ2n) is 6.22. The zero-order chi connectivity index (χ0) is 18.5. The number of hydrogen-bond donors (Lipinski definition) is 1. The van der Waals surface area contributed by atoms with Crippen LogP contribution in [0.3, 0.4) is 0 Å². The maximum Gasteiger partial charge on any atom is 0.275 e. The highest BCUT2D eigenvalue weighted by molar-refractivity contribution is 7.13. The van der Waals surface area contributed by atoms with Gasteiger partial charge in [-0.1, -0.05) is 24.3 Å². The van der Waals surface area contributed by atoms with Crippen molar-refractivity contribution in [3.8, 4) is 10.6 Å². The molecule has 0 aliphatic rings. The molecule has 26 heavy (non-hydrogen) atoms. The molecular weight excluding hydrogens is 349 g/mol. The SMILES string of the molecule is CN(C)CCc1ccc(NC(=O)c2csc(-c3ccccc3F)n2)cc1. The molecule has 0 aliphatic heterocycles. The molecule has 3 rings (SSSR count). The standard InChI is InChI=1S/C20H20FN3OS/c1-24(2)12-11-14-7-9-15(10-8-14)22-19(25)18-13-26-20(23-18)16-5-3-4-6-17(16)21/h3-10,13H,11-12H2,1-2H3,(H,22,25). The molecule has 2 aromatic carbocycles. The molecule has 1 heterocycles. The van der Waals surface area contributed by atoms with E-state index in [0.29, 0.717) is 16.3 Å². The fourth-order valence-electron chi connectivity index (χ4n) is 2.44. The molecule has 0 atom stereocenters. The van der Waals surface area contributed by atoms with Crippen molar-refractivity contribution in [1.29, 1.82) is 0 Å². The maximum absolute atomic E-state index is 13.8. The number of aromatic nitrogens is 1. The van der Waals surface area contributed by atoms with Gasteiger partial charge in [-0.05, 0) is 50.3 Å². The summed E-state index contributed by atoms with van der Waals surface area (Å²) in [6.07, 6.45) is 0.958. The van der Waals surface area contributed by atoms with Crippen molar-refractivity contribution >= 4 is 22.9 Å². The van der Waals surface area contributed by atoms with Crippen molar-refractivity contribution in [2.45, 2.75) is 6.42 Å². The highest BCUT2D eigenvalue weighted by atomic mass is 32.1. The van der Waals surface area contributed by atoms with Gasteiger partial charge < -0.3 is 10.2 Å². The van der Waals surface area contributed by atoms with Crippen molar-refractivity contribution < 1.29 is 9.18 Å². The quantitative estimate of drug-likeness (QED) is 0.704. The Morgan fingerprint density at radius 3 is 2.58 bits per heavy atom. The van der Waals surface area contributed by atoms with Gasteiger partial charge in [-0.25, -0.2) is 9.37 Å². The van der Waals surface area contributed by atoms with E-state index < -0.39 is 0 Å². The lowest BCUT2D eigenvalue weighted by Crippen LogP contribution is -2.15. The first-order valence-electron chi connectivity index (χ1n) is 8.28. The molecule has 0 unspecified atom stereocenters. The summed E-state index contributed by atoms with van der Waals surface area (Å²) in [4.78, 5) is 18.8. The minimum atomic E-state index is -0.345. The molecule has 0 radical (unpaired) electrons. The fraction of sp³-hybridized carbons (Fsp3) is 0.200. The van der Waals surface area contributed by atoms with Gasteiger partial charge >= 0.3 is 0 Å². The van der Waals surface area contributed by atoms with E-state index in [1.54, 1.807) is 23.6 Å². The van der Waals surface area contributed by atoms with Crippen LogP contribution in [0, 0.1) is 5.82 Å². The van der Waals surface area contributed by atoms with Crippen LogP contribution in [0.1, 0.15) is 16.1 Å². The number of carbonyl (C=O) groups is 1. The molecule has 1 N–H and O–H groups in total. The summed E-state index contributed by atoms with van der Waals surface area (Å²) in [7, 11) is 4.08. The van der Waals surface area contributed by atoms with E-state index in [1.165, 1.54) is 23.0 Å². The summed E-state index contributed by atoms with van der Waals surface area (Å²) >= 11 is 1.25. The minimum Gasteiger partial charge on any atom is -0.321 e. The number of halogens is 1. The summed E-state index contributed by atoms with van der Waals surface area (Å²) in [5.41, 5.74) is 2.61. The van der Waals surface area contributed by atoms with Gasteiger partial charge in [0.25, 0.3) is 5.91 Å². The number of benzene rings is 2. The largest absolute Gasteiger partial charge is 0.321 e. The summed E-state index contributed by atoms with van der Waals surface area (Å²) in [5.74, 6) is -0.646. The predicted molar refractivity (Wildman–Crippen MR) is 104 cm³/mol. The fourth-order valence-corrected chi connectivity index (χ4v) is 3.27. The van der Waals surface area contributed by atoms with Crippen LogP contribution in [-0.2, 0) is 6.42 Å². The molecule has 0 bridgehead atoms. The number of thiazole rings is 1. The molecule has 0 spiro atoms. The van der Waals surface area contributed by atoms with Crippen LogP contribution in [0.25, 0.3) is 10.6 Å². The Morgan fingerprint density at radius 1 is 1.15 bits per heavy atom. The molecule has 0 saturated carbocycles. The van der Waals surface area contributed by atoms with E-state index in [1.807, 2.05) is 38.4 Å². The number of likely N-dealkylation sites (N-methyl/N-ethyl adjacent to an activating group) is 1. The normalized spacial score (nSPS) is 10.9. The lowest BCUT2D eigenvalue weighted by atomic mass is 10.1. The zero-order valence-corrected chi connectivity index (χ0v) is 15.5. The number of carbonyl (C=O) groups excluding carboxylic acids is 1. The topological polar surface area (TPSA) is 45.2 Å². The highest BCUT2D eigenvalue weighted by Gasteiger charge is 2.14. The average molecular weight is 369 g/mol. The van der Waals surface area contributed by atoms with E-state index in [2.05, 4.69) is 15.2 Å². The summed E-state index contributed by atoms with van der Waals surface area (Å²) in [5, 5.41) is 4.97. The Morgan fingerprint density at radius 2 is 1.88 bits per heavy atom. The number of anilines is 1. The van der Waals surface area contributed by atoms with Crippen LogP contribution >= 0.6 is 11.3 Å². The van der Waals surface area contributed by atoms with Crippen molar-refractivity contribution in [3.63, 3.8) is 0 Å². The Balaban J connectivity index is 1.66. The van der Waals surface area contributed by atoms with Gasteiger partial charge in [0.15, 0.2) is 0 Å². The monoisotopic (exact) mass is 369 g/mol. The smallest absolute Gasteiger partial charge is 0.275 e. The zero-order valence-electron chi connectivity index (χ0n) is 14.7. The first kappa shape index (κ1) is 18.2. The van der Waals surface area contributed by atoms with E-state index in [0.717, 1.165) is 13.0 Å². The van der Waals surface area contributed by atoms with Crippen LogP contribution in [0.15, 0.2) is 53.9 Å². The van der Waals surface area contributed by atoms with Gasteiger partial charge in [0.2, 0.25) is 0 Å². The van der Waals surface area contributed by atoms with Gasteiger partial charge in [-0.3, -0.25) is 4.79 Å². The number of amides is 1. The van der Waals surface area contributed by atoms with Crippen molar-refractivity contribution in [3.05, 3.63) is 71.0 Å². The van der Waals surface area contributed by atoms with Crippen LogP contribution < -0.4 is 5.32 Å². The lowest BCUT2D eigenvalue weighted by molar-refractivity contribution is 0.102. The van der Waals surface area contributed by atoms with Crippen LogP contribution in [0.4, 0.5) is 10.1 Å². The van der Waals surface area contributed by atoms with Crippen LogP contribution in [0.2, 0.25) is 0 Å². The summed E-state index contributed by atoms with van der Waals surface area (Å²) in [6.45, 7) is 0.976. The molecular formula is C20H20FN3OS. The minimum absolute atomic E-state index is 0.282. The Labute approximate surface area is 156 Å². The van der Waals surface area contributed by atoms with Crippen molar-refractivity contribution in [2.75, 3.05) is 26.0 Å². The summed E-state index contributed by atoms with van der Waals surface area (Å²) < 4.78 is 13.8. The third-order valence-corrected chi connectivity index (χ3v) is 4.78. The molecule has 134 valence electrons. The molecule has 0 saturated heterocycles. The number of rotatable bonds is 6. The Kier molecular flexibility index (Phi) is 5.75. The van der Waals surface area contributed by atoms with E-state index in [9.17, 15) is 9.18 Å². The maximum atomic E-state index is 13.8. The lowest BCUT2D eigenvalue weighted by Gasteiger charge is -2.09. The first-order chi connectivity index (χ1) is 12.5. The summed E-state index contributed by atoms with van der Waals surface area (Å²) in [6, 6.07) is 14.2. The third kappa shape index (κ3) is 4.53. The van der Waals surface area contributed by atoms with E-state index in [4.69, 9.17) is 0 Å². The Bertz CT molecular complexity index is 890. The van der Waals surface area contributed by atoms with Gasteiger partial charge in [-0.15, -0.1) is 11.3 Å². The molecule has 6 heteroatoms. The van der Waals surface area contributed by atoms with Gasteiger partial charge in [0.1, 0.15) is 16.5 Å². The molecule has 0 aliphatic carbocycles. The van der Waals surface area contributed by atoms with Crippen molar-refractivity contribution in [1.82, 2.24) is 9.88 Å². The number of nitrogens with one attached hydrogen (secondary N) is 1. The average Bonchev–Trinajstić information content (AvgIpc) is 3.11. The number of hydrogen-bond acceptors (Lipinski definition) is 4. The van der Waals surface area contributed by atoms with E-state index >= 15 is 0 Å². The molecule has 1 amide bonds. The van der Waals surface area contributed by atoms with Gasteiger partial charge in [0, 0.05) is 23.2 Å². The van der Waals surface area contributed by atoms with Crippen molar-refractivity contribution in [2.24, 2.45) is 0 Å². The molecule has 1 aromatic heterocycles. The second-order valence-corrected chi connectivity index (χ2v) is 7.08. The molecule has 3 aromatic rings. The Hall–Kier alpha value is -2.57. The molecule has 4 nitrogen and oxygen atoms in total. The second kappa shape index (κ2) is 8.21. The third-order valence-electron chi connectivity index (χ3n) is 3.90. The molecule has 0 fully saturated rings. The van der Waals surface area contributed by atoms with Crippen LogP contribution in [0.5, 0.6) is 0 Å². The predicted octanol–water partition coefficient (Wildman–Crippen LogP) is 4.31. The number of nitrogens with zero attached hydrogens (tertiary/aromatic N) is 2. The van der Waals surface area contributed by atoms with Gasteiger partial charge in [0.05, 0.1) is 0 Å².